The molecule has 128 valence electrons. The van der Waals surface area contributed by atoms with Crippen LogP contribution in [0.4, 0.5) is 8.78 Å². The lowest BCUT2D eigenvalue weighted by molar-refractivity contribution is 0.0784. The summed E-state index contributed by atoms with van der Waals surface area (Å²) >= 11 is 5.88. The minimum Gasteiger partial charge on any atom is -0.337 e. The molecule has 1 N–H and O–H groups in total. The zero-order chi connectivity index (χ0) is 18.0. The average Bonchev–Trinajstić information content (AvgIpc) is 3.07. The van der Waals surface area contributed by atoms with E-state index >= 15 is 0 Å². The minimum atomic E-state index is -0.690. The molecular weight excluding hydrogens is 348 g/mol. The van der Waals surface area contributed by atoms with Crippen molar-refractivity contribution in [1.82, 2.24) is 15.1 Å². The third kappa shape index (κ3) is 3.69. The molecule has 0 aliphatic heterocycles. The lowest BCUT2D eigenvalue weighted by atomic mass is 10.1. The lowest BCUT2D eigenvalue weighted by Crippen LogP contribution is -2.26. The zero-order valence-electron chi connectivity index (χ0n) is 13.3. The SMILES string of the molecule is CN(Cc1ccc(F)cc1F)C(=O)c1cn[nH]c1-c1ccc(Cl)cc1. The Hall–Kier alpha value is -2.73. The van der Waals surface area contributed by atoms with E-state index in [0.29, 0.717) is 16.3 Å². The maximum Gasteiger partial charge on any atom is 0.257 e. The highest BCUT2D eigenvalue weighted by molar-refractivity contribution is 6.30. The van der Waals surface area contributed by atoms with Gasteiger partial charge in [-0.3, -0.25) is 9.89 Å². The van der Waals surface area contributed by atoms with Gasteiger partial charge in [0.1, 0.15) is 11.6 Å². The number of nitrogens with zero attached hydrogens (tertiary/aromatic N) is 2. The molecule has 25 heavy (non-hydrogen) atoms. The summed E-state index contributed by atoms with van der Waals surface area (Å²) in [5.74, 6) is -1.68. The van der Waals surface area contributed by atoms with Gasteiger partial charge in [0.25, 0.3) is 5.91 Å². The minimum absolute atomic E-state index is 0.0101. The third-order valence-corrected chi connectivity index (χ3v) is 4.02. The molecular formula is C18H14ClF2N3O. The van der Waals surface area contributed by atoms with Gasteiger partial charge in [-0.2, -0.15) is 5.10 Å². The van der Waals surface area contributed by atoms with Crippen LogP contribution < -0.4 is 0 Å². The molecule has 0 spiro atoms. The Bertz CT molecular complexity index is 909. The summed E-state index contributed by atoms with van der Waals surface area (Å²) in [5.41, 5.74) is 1.89. The molecule has 2 aromatic carbocycles. The number of carbonyl (C=O) groups is 1. The number of aromatic nitrogens is 2. The van der Waals surface area contributed by atoms with Crippen LogP contribution in [0.2, 0.25) is 5.02 Å². The monoisotopic (exact) mass is 361 g/mol. The topological polar surface area (TPSA) is 49.0 Å². The summed E-state index contributed by atoms with van der Waals surface area (Å²) in [6, 6.07) is 10.2. The number of halogens is 3. The van der Waals surface area contributed by atoms with Gasteiger partial charge in [-0.25, -0.2) is 8.78 Å². The number of benzene rings is 2. The Balaban J connectivity index is 1.83. The maximum absolute atomic E-state index is 13.8. The molecule has 1 aromatic heterocycles. The van der Waals surface area contributed by atoms with Crippen molar-refractivity contribution in [3.8, 4) is 11.3 Å². The van der Waals surface area contributed by atoms with Crippen LogP contribution in [0, 0.1) is 11.6 Å². The average molecular weight is 362 g/mol. The van der Waals surface area contributed by atoms with Gasteiger partial charge in [0.05, 0.1) is 17.5 Å². The van der Waals surface area contributed by atoms with E-state index < -0.39 is 11.6 Å². The smallest absolute Gasteiger partial charge is 0.257 e. The summed E-state index contributed by atoms with van der Waals surface area (Å²) < 4.78 is 26.8. The predicted octanol–water partition coefficient (Wildman–Crippen LogP) is 4.28. The van der Waals surface area contributed by atoms with Crippen molar-refractivity contribution in [2.45, 2.75) is 6.54 Å². The van der Waals surface area contributed by atoms with E-state index in [1.165, 1.54) is 17.2 Å². The predicted molar refractivity (Wildman–Crippen MR) is 91.2 cm³/mol. The molecule has 0 saturated carbocycles. The number of H-pyrrole nitrogens is 1. The fourth-order valence-corrected chi connectivity index (χ4v) is 2.59. The van der Waals surface area contributed by atoms with Crippen LogP contribution in [-0.4, -0.2) is 28.1 Å². The van der Waals surface area contributed by atoms with Gasteiger partial charge < -0.3 is 4.90 Å². The van der Waals surface area contributed by atoms with E-state index in [-0.39, 0.29) is 18.0 Å². The highest BCUT2D eigenvalue weighted by Gasteiger charge is 2.20. The van der Waals surface area contributed by atoms with Crippen molar-refractivity contribution < 1.29 is 13.6 Å². The standard InChI is InChI=1S/C18H14ClF2N3O/c1-24(10-12-4-7-14(20)8-16(12)21)18(25)15-9-22-23-17(15)11-2-5-13(19)6-3-11/h2-9H,10H2,1H3,(H,22,23). The third-order valence-electron chi connectivity index (χ3n) is 3.77. The van der Waals surface area contributed by atoms with Gasteiger partial charge in [-0.1, -0.05) is 29.8 Å². The van der Waals surface area contributed by atoms with Crippen molar-refractivity contribution >= 4 is 17.5 Å². The summed E-state index contributed by atoms with van der Waals surface area (Å²) in [4.78, 5) is 14.0. The molecule has 0 fully saturated rings. The fraction of sp³-hybridized carbons (Fsp3) is 0.111. The van der Waals surface area contributed by atoms with Gasteiger partial charge in [0, 0.05) is 35.8 Å². The van der Waals surface area contributed by atoms with Gasteiger partial charge in [0.15, 0.2) is 0 Å². The van der Waals surface area contributed by atoms with Crippen LogP contribution in [0.1, 0.15) is 15.9 Å². The van der Waals surface area contributed by atoms with Gasteiger partial charge in [-0.15, -0.1) is 0 Å². The molecule has 3 aromatic rings. The van der Waals surface area contributed by atoms with E-state index in [4.69, 9.17) is 11.6 Å². The first kappa shape index (κ1) is 17.1. The molecule has 0 aliphatic rings. The second-order valence-electron chi connectivity index (χ2n) is 5.56. The summed E-state index contributed by atoms with van der Waals surface area (Å²) in [5, 5.41) is 7.31. The Kier molecular flexibility index (Phi) is 4.81. The number of nitrogens with one attached hydrogen (secondary N) is 1. The highest BCUT2D eigenvalue weighted by atomic mass is 35.5. The number of hydrogen-bond acceptors (Lipinski definition) is 2. The number of rotatable bonds is 4. The largest absolute Gasteiger partial charge is 0.337 e. The van der Waals surface area contributed by atoms with Gasteiger partial charge in [0.2, 0.25) is 0 Å². The first-order chi connectivity index (χ1) is 12.0. The van der Waals surface area contributed by atoms with Crippen molar-refractivity contribution in [1.29, 1.82) is 0 Å². The second kappa shape index (κ2) is 7.03. The van der Waals surface area contributed by atoms with Crippen LogP contribution >= 0.6 is 11.6 Å². The maximum atomic E-state index is 13.8. The van der Waals surface area contributed by atoms with Crippen LogP contribution in [0.5, 0.6) is 0 Å². The van der Waals surface area contributed by atoms with E-state index in [1.807, 2.05) is 0 Å². The number of amides is 1. The molecule has 0 atom stereocenters. The quantitative estimate of drug-likeness (QED) is 0.754. The van der Waals surface area contributed by atoms with Crippen LogP contribution in [0.25, 0.3) is 11.3 Å². The second-order valence-corrected chi connectivity index (χ2v) is 6.00. The molecule has 0 unspecified atom stereocenters. The van der Waals surface area contributed by atoms with Crippen molar-refractivity contribution in [2.24, 2.45) is 0 Å². The molecule has 1 amide bonds. The number of carbonyl (C=O) groups excluding carboxylic acids is 1. The molecule has 0 bridgehead atoms. The van der Waals surface area contributed by atoms with Crippen LogP contribution in [0.15, 0.2) is 48.7 Å². The zero-order valence-corrected chi connectivity index (χ0v) is 14.0. The normalized spacial score (nSPS) is 10.7. The molecule has 0 saturated heterocycles. The highest BCUT2D eigenvalue weighted by Crippen LogP contribution is 2.24. The molecule has 7 heteroatoms. The molecule has 4 nitrogen and oxygen atoms in total. The Morgan fingerprint density at radius 1 is 1.20 bits per heavy atom. The van der Waals surface area contributed by atoms with Crippen molar-refractivity contribution in [3.05, 3.63) is 76.4 Å². The van der Waals surface area contributed by atoms with Crippen LogP contribution in [-0.2, 0) is 6.54 Å². The number of hydrogen-bond donors (Lipinski definition) is 1. The van der Waals surface area contributed by atoms with E-state index in [1.54, 1.807) is 31.3 Å². The fourth-order valence-electron chi connectivity index (χ4n) is 2.47. The van der Waals surface area contributed by atoms with Crippen LogP contribution in [0.3, 0.4) is 0 Å². The Morgan fingerprint density at radius 3 is 2.60 bits per heavy atom. The Labute approximate surface area is 148 Å². The van der Waals surface area contributed by atoms with Gasteiger partial charge in [-0.05, 0) is 18.2 Å². The summed E-state index contributed by atoms with van der Waals surface area (Å²) in [6.45, 7) is 0.0101. The van der Waals surface area contributed by atoms with Crippen molar-refractivity contribution in [3.63, 3.8) is 0 Å². The molecule has 0 radical (unpaired) electrons. The van der Waals surface area contributed by atoms with Gasteiger partial charge >= 0.3 is 0 Å². The summed E-state index contributed by atoms with van der Waals surface area (Å²) in [6.07, 6.45) is 1.42. The summed E-state index contributed by atoms with van der Waals surface area (Å²) in [7, 11) is 1.55. The van der Waals surface area contributed by atoms with E-state index in [2.05, 4.69) is 10.2 Å². The molecule has 1 heterocycles. The first-order valence-corrected chi connectivity index (χ1v) is 7.82. The van der Waals surface area contributed by atoms with E-state index in [0.717, 1.165) is 17.7 Å². The lowest BCUT2D eigenvalue weighted by Gasteiger charge is -2.17. The van der Waals surface area contributed by atoms with E-state index in [9.17, 15) is 13.6 Å². The van der Waals surface area contributed by atoms with Crippen molar-refractivity contribution in [2.75, 3.05) is 7.05 Å². The molecule has 0 aliphatic carbocycles. The Morgan fingerprint density at radius 2 is 1.92 bits per heavy atom. The number of aromatic amines is 1. The first-order valence-electron chi connectivity index (χ1n) is 7.44. The molecule has 3 rings (SSSR count).